The van der Waals surface area contributed by atoms with Crippen molar-refractivity contribution in [2.75, 3.05) is 0 Å². The first-order valence-electron chi connectivity index (χ1n) is 4.82. The van der Waals surface area contributed by atoms with Crippen molar-refractivity contribution in [2.24, 2.45) is 0 Å². The van der Waals surface area contributed by atoms with Crippen LogP contribution in [0.15, 0.2) is 30.5 Å². The lowest BCUT2D eigenvalue weighted by Gasteiger charge is -2.09. The van der Waals surface area contributed by atoms with E-state index in [2.05, 4.69) is 14.7 Å². The minimum absolute atomic E-state index is 0.260. The summed E-state index contributed by atoms with van der Waals surface area (Å²) < 4.78 is 39.9. The molecule has 0 aliphatic heterocycles. The molecule has 0 unspecified atom stereocenters. The van der Waals surface area contributed by atoms with Gasteiger partial charge in [0.15, 0.2) is 0 Å². The first-order chi connectivity index (χ1) is 7.94. The predicted octanol–water partition coefficient (Wildman–Crippen LogP) is 3.28. The van der Waals surface area contributed by atoms with Gasteiger partial charge in [-0.1, -0.05) is 12.1 Å². The number of ether oxygens (including phenoxy) is 1. The van der Waals surface area contributed by atoms with Crippen molar-refractivity contribution < 1.29 is 17.9 Å². The van der Waals surface area contributed by atoms with Crippen LogP contribution < -0.4 is 4.74 Å². The average Bonchev–Trinajstić information content (AvgIpc) is 2.63. The van der Waals surface area contributed by atoms with Gasteiger partial charge < -0.3 is 9.72 Å². The van der Waals surface area contributed by atoms with Crippen molar-refractivity contribution in [3.63, 3.8) is 0 Å². The molecule has 0 amide bonds. The minimum atomic E-state index is -4.68. The highest BCUT2D eigenvalue weighted by Gasteiger charge is 2.31. The maximum absolute atomic E-state index is 12.0. The van der Waals surface area contributed by atoms with Gasteiger partial charge in [0.05, 0.1) is 0 Å². The minimum Gasteiger partial charge on any atom is -0.406 e. The predicted molar refractivity (Wildman–Crippen MR) is 55.4 cm³/mol. The summed E-state index contributed by atoms with van der Waals surface area (Å²) in [5.41, 5.74) is 1.38. The first-order valence-corrected chi connectivity index (χ1v) is 4.82. The Balaban J connectivity index is 2.29. The topological polar surface area (TPSA) is 37.9 Å². The number of rotatable bonds is 2. The Labute approximate surface area is 95.3 Å². The van der Waals surface area contributed by atoms with Crippen LogP contribution in [0, 0.1) is 6.92 Å². The van der Waals surface area contributed by atoms with Crippen molar-refractivity contribution in [1.29, 1.82) is 0 Å². The highest BCUT2D eigenvalue weighted by molar-refractivity contribution is 5.57. The number of aryl methyl sites for hydroxylation is 1. The van der Waals surface area contributed by atoms with Crippen molar-refractivity contribution in [3.05, 3.63) is 36.2 Å². The third kappa shape index (κ3) is 2.99. The number of hydrogen-bond acceptors (Lipinski definition) is 2. The summed E-state index contributed by atoms with van der Waals surface area (Å²) in [6.45, 7) is 1.81. The van der Waals surface area contributed by atoms with Gasteiger partial charge in [0.2, 0.25) is 0 Å². The van der Waals surface area contributed by atoms with Gasteiger partial charge in [0.25, 0.3) is 0 Å². The fourth-order valence-electron chi connectivity index (χ4n) is 1.40. The van der Waals surface area contributed by atoms with Gasteiger partial charge in [0.1, 0.15) is 11.6 Å². The molecule has 0 aliphatic rings. The number of halogens is 3. The van der Waals surface area contributed by atoms with Crippen LogP contribution in [0.1, 0.15) is 5.69 Å². The summed E-state index contributed by atoms with van der Waals surface area (Å²) in [6.07, 6.45) is -3.08. The van der Waals surface area contributed by atoms with Gasteiger partial charge in [-0.25, -0.2) is 4.98 Å². The normalized spacial score (nSPS) is 11.5. The van der Waals surface area contributed by atoms with Crippen LogP contribution in [0.3, 0.4) is 0 Å². The molecule has 0 spiro atoms. The fraction of sp³-hybridized carbons (Fsp3) is 0.182. The zero-order valence-electron chi connectivity index (χ0n) is 8.88. The molecule has 0 saturated heterocycles. The van der Waals surface area contributed by atoms with Crippen LogP contribution in [-0.2, 0) is 0 Å². The number of hydrogen-bond donors (Lipinski definition) is 1. The van der Waals surface area contributed by atoms with Crippen LogP contribution in [0.4, 0.5) is 13.2 Å². The number of benzene rings is 1. The van der Waals surface area contributed by atoms with Crippen LogP contribution in [-0.4, -0.2) is 16.3 Å². The lowest BCUT2D eigenvalue weighted by atomic mass is 10.2. The Morgan fingerprint density at radius 3 is 2.65 bits per heavy atom. The number of aromatic nitrogens is 2. The van der Waals surface area contributed by atoms with Crippen LogP contribution >= 0.6 is 0 Å². The van der Waals surface area contributed by atoms with Crippen molar-refractivity contribution in [3.8, 4) is 17.1 Å². The molecular formula is C11H9F3N2O. The molecule has 0 saturated carbocycles. The number of H-pyrrole nitrogens is 1. The third-order valence-corrected chi connectivity index (χ3v) is 2.04. The van der Waals surface area contributed by atoms with E-state index in [4.69, 9.17) is 0 Å². The lowest BCUT2D eigenvalue weighted by Crippen LogP contribution is -2.17. The molecule has 0 bridgehead atoms. The van der Waals surface area contributed by atoms with Gasteiger partial charge in [0, 0.05) is 17.5 Å². The molecule has 0 atom stereocenters. The number of nitrogens with one attached hydrogen (secondary N) is 1. The van der Waals surface area contributed by atoms with Crippen LogP contribution in [0.25, 0.3) is 11.4 Å². The Hall–Kier alpha value is -1.98. The van der Waals surface area contributed by atoms with Gasteiger partial charge in [-0.3, -0.25) is 0 Å². The van der Waals surface area contributed by atoms with Crippen molar-refractivity contribution in [1.82, 2.24) is 9.97 Å². The quantitative estimate of drug-likeness (QED) is 0.877. The third-order valence-electron chi connectivity index (χ3n) is 2.04. The maximum atomic E-state index is 12.0. The molecule has 0 aliphatic carbocycles. The van der Waals surface area contributed by atoms with E-state index in [0.29, 0.717) is 11.4 Å². The molecule has 1 N–H and O–H groups in total. The second-order valence-electron chi connectivity index (χ2n) is 3.49. The zero-order valence-corrected chi connectivity index (χ0v) is 8.88. The van der Waals surface area contributed by atoms with Gasteiger partial charge >= 0.3 is 6.36 Å². The monoisotopic (exact) mass is 242 g/mol. The van der Waals surface area contributed by atoms with Gasteiger partial charge in [-0.15, -0.1) is 13.2 Å². The summed E-state index contributed by atoms with van der Waals surface area (Å²) in [6, 6.07) is 5.66. The maximum Gasteiger partial charge on any atom is 0.573 e. The molecule has 1 aromatic carbocycles. The molecule has 2 aromatic rings. The molecule has 1 aromatic heterocycles. The fourth-order valence-corrected chi connectivity index (χ4v) is 1.40. The molecule has 0 radical (unpaired) electrons. The van der Waals surface area contributed by atoms with Gasteiger partial charge in [-0.05, 0) is 19.1 Å². The van der Waals surface area contributed by atoms with E-state index in [1.807, 2.05) is 6.92 Å². The Bertz CT molecular complexity index is 519. The number of nitrogens with zero attached hydrogens (tertiary/aromatic N) is 1. The van der Waals surface area contributed by atoms with E-state index in [9.17, 15) is 13.2 Å². The smallest absolute Gasteiger partial charge is 0.406 e. The largest absolute Gasteiger partial charge is 0.573 e. The standard InChI is InChI=1S/C11H9F3N2O/c1-7-6-15-10(16-7)8-3-2-4-9(5-8)17-11(12,13)14/h2-6H,1H3,(H,15,16). The number of imidazole rings is 1. The highest BCUT2D eigenvalue weighted by Crippen LogP contribution is 2.26. The molecule has 1 heterocycles. The van der Waals surface area contributed by atoms with E-state index in [1.54, 1.807) is 12.3 Å². The van der Waals surface area contributed by atoms with E-state index >= 15 is 0 Å². The van der Waals surface area contributed by atoms with Crippen LogP contribution in [0.2, 0.25) is 0 Å². The molecule has 6 heteroatoms. The SMILES string of the molecule is Cc1cnc(-c2cccc(OC(F)(F)F)c2)[nH]1. The Kier molecular flexibility index (Phi) is 2.79. The molecular weight excluding hydrogens is 233 g/mol. The summed E-state index contributed by atoms with van der Waals surface area (Å²) in [5, 5.41) is 0. The first kappa shape index (κ1) is 11.5. The van der Waals surface area contributed by atoms with E-state index in [-0.39, 0.29) is 5.75 Å². The highest BCUT2D eigenvalue weighted by atomic mass is 19.4. The Morgan fingerprint density at radius 1 is 1.29 bits per heavy atom. The second-order valence-corrected chi connectivity index (χ2v) is 3.49. The summed E-state index contributed by atoms with van der Waals surface area (Å²) in [7, 11) is 0. The zero-order chi connectivity index (χ0) is 12.5. The lowest BCUT2D eigenvalue weighted by molar-refractivity contribution is -0.274. The molecule has 17 heavy (non-hydrogen) atoms. The molecule has 2 rings (SSSR count). The summed E-state index contributed by atoms with van der Waals surface area (Å²) in [5.74, 6) is 0.249. The number of alkyl halides is 3. The van der Waals surface area contributed by atoms with E-state index in [1.165, 1.54) is 18.2 Å². The van der Waals surface area contributed by atoms with E-state index < -0.39 is 6.36 Å². The summed E-state index contributed by atoms with van der Waals surface area (Å²) >= 11 is 0. The van der Waals surface area contributed by atoms with Crippen molar-refractivity contribution in [2.45, 2.75) is 13.3 Å². The molecule has 3 nitrogen and oxygen atoms in total. The van der Waals surface area contributed by atoms with Gasteiger partial charge in [-0.2, -0.15) is 0 Å². The number of aromatic amines is 1. The second kappa shape index (κ2) is 4.12. The van der Waals surface area contributed by atoms with Crippen molar-refractivity contribution >= 4 is 0 Å². The van der Waals surface area contributed by atoms with E-state index in [0.717, 1.165) is 5.69 Å². The Morgan fingerprint density at radius 2 is 2.06 bits per heavy atom. The summed E-state index contributed by atoms with van der Waals surface area (Å²) in [4.78, 5) is 6.97. The average molecular weight is 242 g/mol. The molecule has 90 valence electrons. The van der Waals surface area contributed by atoms with Crippen LogP contribution in [0.5, 0.6) is 5.75 Å². The molecule has 0 fully saturated rings.